The van der Waals surface area contributed by atoms with Crippen LogP contribution in [-0.4, -0.2) is 6.04 Å². The Labute approximate surface area is 133 Å². The third-order valence-corrected chi connectivity index (χ3v) is 7.32. The highest BCUT2D eigenvalue weighted by molar-refractivity contribution is 7.76. The van der Waals surface area contributed by atoms with Crippen molar-refractivity contribution in [2.24, 2.45) is 5.92 Å². The van der Waals surface area contributed by atoms with Gasteiger partial charge in [-0.15, -0.1) is 0 Å². The van der Waals surface area contributed by atoms with Crippen molar-refractivity contribution in [3.63, 3.8) is 0 Å². The second kappa shape index (κ2) is 6.81. The lowest BCUT2D eigenvalue weighted by molar-refractivity contribution is 0.328. The lowest BCUT2D eigenvalue weighted by Gasteiger charge is -2.32. The highest BCUT2D eigenvalue weighted by atomic mass is 31.2. The molecule has 0 spiro atoms. The molecule has 1 fully saturated rings. The van der Waals surface area contributed by atoms with E-state index in [2.05, 4.69) is 12.0 Å². The number of benzene rings is 2. The third kappa shape index (κ3) is 3.34. The molecule has 0 saturated heterocycles. The van der Waals surface area contributed by atoms with Crippen molar-refractivity contribution < 1.29 is 4.57 Å². The molecule has 22 heavy (non-hydrogen) atoms. The molecule has 2 aromatic carbocycles. The van der Waals surface area contributed by atoms with E-state index in [-0.39, 0.29) is 0 Å². The van der Waals surface area contributed by atoms with Gasteiger partial charge in [-0.2, -0.15) is 0 Å². The smallest absolute Gasteiger partial charge is 0.204 e. The Bertz CT molecular complexity index is 597. The van der Waals surface area contributed by atoms with Crippen LogP contribution in [0, 0.1) is 5.92 Å². The zero-order valence-corrected chi connectivity index (χ0v) is 14.0. The summed E-state index contributed by atoms with van der Waals surface area (Å²) >= 11 is 0. The molecule has 1 N–H and O–H groups in total. The van der Waals surface area contributed by atoms with E-state index in [1.54, 1.807) is 0 Å². The van der Waals surface area contributed by atoms with Crippen molar-refractivity contribution in [2.75, 3.05) is 0 Å². The first kappa shape index (κ1) is 15.5. The summed E-state index contributed by atoms with van der Waals surface area (Å²) in [6.07, 6.45) is 4.75. The normalized spacial score (nSPS) is 22.4. The predicted molar refractivity (Wildman–Crippen MR) is 94.3 cm³/mol. The molecule has 1 saturated carbocycles. The van der Waals surface area contributed by atoms with E-state index in [0.717, 1.165) is 23.5 Å². The molecule has 1 aliphatic rings. The highest BCUT2D eigenvalue weighted by Gasteiger charge is 2.31. The first-order valence-corrected chi connectivity index (χ1v) is 9.88. The number of hydrogen-bond acceptors (Lipinski definition) is 1. The van der Waals surface area contributed by atoms with Crippen LogP contribution in [0.15, 0.2) is 60.7 Å². The van der Waals surface area contributed by atoms with Crippen LogP contribution in [-0.2, 0) is 4.57 Å². The quantitative estimate of drug-likeness (QED) is 0.862. The van der Waals surface area contributed by atoms with Gasteiger partial charge in [0, 0.05) is 16.7 Å². The van der Waals surface area contributed by atoms with E-state index >= 15 is 0 Å². The van der Waals surface area contributed by atoms with E-state index in [1.165, 1.54) is 12.8 Å². The van der Waals surface area contributed by atoms with Crippen molar-refractivity contribution in [2.45, 2.75) is 38.6 Å². The fraction of sp³-hybridized carbons (Fsp3) is 0.368. The van der Waals surface area contributed by atoms with Crippen molar-refractivity contribution in [3.05, 3.63) is 60.7 Å². The molecule has 0 unspecified atom stereocenters. The van der Waals surface area contributed by atoms with Gasteiger partial charge in [-0.05, 0) is 43.0 Å². The minimum Gasteiger partial charge on any atom is -0.297 e. The summed E-state index contributed by atoms with van der Waals surface area (Å²) in [6.45, 7) is 2.30. The Hall–Kier alpha value is -1.37. The van der Waals surface area contributed by atoms with Gasteiger partial charge < -0.3 is 0 Å². The maximum atomic E-state index is 13.9. The van der Waals surface area contributed by atoms with Crippen molar-refractivity contribution in [1.29, 1.82) is 0 Å². The standard InChI is InChI=1S/C19H24NOP/c1-16-9-8-10-17(15-16)20-22(21,18-11-4-2-5-12-18)19-13-6-3-7-14-19/h2-7,11-14,16-17H,8-10,15H2,1H3,(H,20,21)/t16-,17-/m1/s1. The molecule has 3 heteroatoms. The van der Waals surface area contributed by atoms with Gasteiger partial charge in [0.15, 0.2) is 0 Å². The molecule has 3 rings (SSSR count). The Morgan fingerprint density at radius 1 is 0.909 bits per heavy atom. The molecular weight excluding hydrogens is 289 g/mol. The largest absolute Gasteiger partial charge is 0.297 e. The fourth-order valence-corrected chi connectivity index (χ4v) is 5.91. The summed E-state index contributed by atoms with van der Waals surface area (Å²) in [6, 6.07) is 20.1. The monoisotopic (exact) mass is 313 g/mol. The molecule has 0 aromatic heterocycles. The molecule has 0 heterocycles. The molecule has 1 aliphatic carbocycles. The third-order valence-electron chi connectivity index (χ3n) is 4.54. The first-order chi connectivity index (χ1) is 10.7. The predicted octanol–water partition coefficient (Wildman–Crippen LogP) is 4.08. The van der Waals surface area contributed by atoms with E-state index in [9.17, 15) is 4.57 Å². The topological polar surface area (TPSA) is 29.1 Å². The van der Waals surface area contributed by atoms with Gasteiger partial charge in [0.2, 0.25) is 7.29 Å². The number of nitrogens with one attached hydrogen (secondary N) is 1. The van der Waals surface area contributed by atoms with E-state index in [0.29, 0.717) is 12.0 Å². The summed E-state index contributed by atoms with van der Waals surface area (Å²) in [7, 11) is -2.77. The molecular formula is C19H24NOP. The Morgan fingerprint density at radius 3 is 1.95 bits per heavy atom. The summed E-state index contributed by atoms with van der Waals surface area (Å²) in [5, 5.41) is 5.36. The van der Waals surface area contributed by atoms with Gasteiger partial charge in [-0.25, -0.2) is 0 Å². The highest BCUT2D eigenvalue weighted by Crippen LogP contribution is 2.41. The average molecular weight is 313 g/mol. The number of hydrogen-bond donors (Lipinski definition) is 1. The van der Waals surface area contributed by atoms with Gasteiger partial charge in [-0.3, -0.25) is 9.65 Å². The van der Waals surface area contributed by atoms with Crippen LogP contribution in [0.4, 0.5) is 0 Å². The molecule has 0 amide bonds. The molecule has 2 aromatic rings. The van der Waals surface area contributed by atoms with Crippen LogP contribution in [0.1, 0.15) is 32.6 Å². The van der Waals surface area contributed by atoms with Crippen LogP contribution < -0.4 is 15.7 Å². The molecule has 0 radical (unpaired) electrons. The maximum Gasteiger partial charge on any atom is 0.204 e. The minimum atomic E-state index is -2.77. The second-order valence-corrected chi connectivity index (χ2v) is 8.89. The van der Waals surface area contributed by atoms with Gasteiger partial charge in [-0.1, -0.05) is 56.2 Å². The minimum absolute atomic E-state index is 0.343. The zero-order chi connectivity index (χ0) is 15.4. The summed E-state index contributed by atoms with van der Waals surface area (Å²) in [5.74, 6) is 0.714. The second-order valence-electron chi connectivity index (χ2n) is 6.38. The average Bonchev–Trinajstić information content (AvgIpc) is 2.56. The van der Waals surface area contributed by atoms with Crippen molar-refractivity contribution in [1.82, 2.24) is 5.09 Å². The molecule has 0 bridgehead atoms. The van der Waals surface area contributed by atoms with Crippen LogP contribution in [0.2, 0.25) is 0 Å². The van der Waals surface area contributed by atoms with E-state index < -0.39 is 7.29 Å². The first-order valence-electron chi connectivity index (χ1n) is 8.17. The van der Waals surface area contributed by atoms with Crippen LogP contribution in [0.25, 0.3) is 0 Å². The maximum absolute atomic E-state index is 13.9. The lowest BCUT2D eigenvalue weighted by atomic mass is 9.88. The van der Waals surface area contributed by atoms with Crippen molar-refractivity contribution >= 4 is 17.9 Å². The van der Waals surface area contributed by atoms with E-state index in [1.807, 2.05) is 60.7 Å². The Kier molecular flexibility index (Phi) is 4.81. The molecule has 116 valence electrons. The summed E-state index contributed by atoms with van der Waals surface area (Å²) in [4.78, 5) is 0. The van der Waals surface area contributed by atoms with Crippen LogP contribution >= 0.6 is 7.29 Å². The van der Waals surface area contributed by atoms with Gasteiger partial charge in [0.05, 0.1) is 0 Å². The van der Waals surface area contributed by atoms with Gasteiger partial charge >= 0.3 is 0 Å². The zero-order valence-electron chi connectivity index (χ0n) is 13.1. The molecule has 2 nitrogen and oxygen atoms in total. The molecule has 2 atom stereocenters. The van der Waals surface area contributed by atoms with Gasteiger partial charge in [0.25, 0.3) is 0 Å². The van der Waals surface area contributed by atoms with Crippen LogP contribution in [0.5, 0.6) is 0 Å². The molecule has 0 aliphatic heterocycles. The van der Waals surface area contributed by atoms with Gasteiger partial charge in [0.1, 0.15) is 0 Å². The van der Waals surface area contributed by atoms with Crippen LogP contribution in [0.3, 0.4) is 0 Å². The van der Waals surface area contributed by atoms with Crippen molar-refractivity contribution in [3.8, 4) is 0 Å². The summed E-state index contributed by atoms with van der Waals surface area (Å²) in [5.41, 5.74) is 0. The Balaban J connectivity index is 1.95. The Morgan fingerprint density at radius 2 is 1.45 bits per heavy atom. The number of rotatable bonds is 4. The fourth-order valence-electron chi connectivity index (χ4n) is 3.38. The lowest BCUT2D eigenvalue weighted by Crippen LogP contribution is -2.37. The SMILES string of the molecule is C[C@@H]1CCC[C@@H](NP(=O)(c2ccccc2)c2ccccc2)C1. The van der Waals surface area contributed by atoms with E-state index in [4.69, 9.17) is 0 Å². The summed E-state index contributed by atoms with van der Waals surface area (Å²) < 4.78 is 13.9.